The summed E-state index contributed by atoms with van der Waals surface area (Å²) in [4.78, 5) is 4.83. The van der Waals surface area contributed by atoms with Crippen molar-refractivity contribution in [2.75, 3.05) is 0 Å². The Labute approximate surface area is 323 Å². The Morgan fingerprint density at radius 3 is 2.12 bits per heavy atom. The molecule has 3 aromatic heterocycles. The van der Waals surface area contributed by atoms with Crippen LogP contribution in [0.15, 0.2) is 97.5 Å². The monoisotopic (exact) mass is 867 g/mol. The number of hydrogen-bond donors (Lipinski definition) is 0. The van der Waals surface area contributed by atoms with Gasteiger partial charge in [-0.3, -0.25) is 4.68 Å². The Morgan fingerprint density at radius 2 is 1.40 bits per heavy atom. The third-order valence-electron chi connectivity index (χ3n) is 9.48. The van der Waals surface area contributed by atoms with Crippen molar-refractivity contribution in [3.63, 3.8) is 0 Å². The Balaban J connectivity index is 0.00000464. The van der Waals surface area contributed by atoms with Crippen molar-refractivity contribution in [3.8, 4) is 34.1 Å². The van der Waals surface area contributed by atoms with E-state index < -0.39 is 0 Å². The normalized spacial score (nSPS) is 11.8. The number of hydrogen-bond acceptors (Lipinski definition) is 3. The van der Waals surface area contributed by atoms with E-state index in [2.05, 4.69) is 151 Å². The fraction of sp³-hybridized carbons (Fsp3) is 0.304. The fourth-order valence-corrected chi connectivity index (χ4v) is 7.29. The van der Waals surface area contributed by atoms with Crippen LogP contribution in [0.25, 0.3) is 44.4 Å². The van der Waals surface area contributed by atoms with Crippen molar-refractivity contribution in [1.29, 1.82) is 0 Å². The van der Waals surface area contributed by atoms with Crippen molar-refractivity contribution in [1.82, 2.24) is 19.3 Å². The Hall–Kier alpha value is -4.47. The molecule has 0 fully saturated rings. The van der Waals surface area contributed by atoms with Gasteiger partial charge in [-0.05, 0) is 88.0 Å². The van der Waals surface area contributed by atoms with Crippen LogP contribution >= 0.6 is 0 Å². The Morgan fingerprint density at radius 1 is 0.692 bits per heavy atom. The molecule has 0 N–H and O–H groups in total. The Bertz CT molecular complexity index is 2300. The van der Waals surface area contributed by atoms with E-state index in [9.17, 15) is 0 Å². The summed E-state index contributed by atoms with van der Waals surface area (Å²) in [5.41, 5.74) is 10.4. The molecule has 7 aromatic rings. The topological polar surface area (TPSA) is 44.9 Å². The molecule has 3 heterocycles. The van der Waals surface area contributed by atoms with E-state index in [1.54, 1.807) is 0 Å². The SMILES string of the molecule is CC(C)Cc1cc(Oc2[c-]c3c(cc2)c2ccccc2n3-c2cc(CC(C)C)ccn2)[c-]c(-n2cc(-c3c(C(C)C)cccc3C(C)C)cn2)c1.[Pt+2]. The van der Waals surface area contributed by atoms with Crippen LogP contribution in [0.3, 0.4) is 0 Å². The number of benzene rings is 4. The van der Waals surface area contributed by atoms with Gasteiger partial charge in [0.05, 0.1) is 6.20 Å². The van der Waals surface area contributed by atoms with Gasteiger partial charge < -0.3 is 9.30 Å². The van der Waals surface area contributed by atoms with Crippen molar-refractivity contribution in [2.24, 2.45) is 11.8 Å². The van der Waals surface area contributed by atoms with Gasteiger partial charge in [0.1, 0.15) is 5.82 Å². The van der Waals surface area contributed by atoms with Crippen molar-refractivity contribution < 1.29 is 25.8 Å². The number of para-hydroxylation sites is 1. The van der Waals surface area contributed by atoms with E-state index >= 15 is 0 Å². The molecule has 0 bridgehead atoms. The quantitative estimate of drug-likeness (QED) is 0.122. The van der Waals surface area contributed by atoms with Gasteiger partial charge in [-0.25, -0.2) is 4.98 Å². The minimum Gasteiger partial charge on any atom is -0.509 e. The molecule has 0 saturated carbocycles. The van der Waals surface area contributed by atoms with Crippen molar-refractivity contribution in [2.45, 2.75) is 80.1 Å². The van der Waals surface area contributed by atoms with Crippen LogP contribution in [0.1, 0.15) is 89.5 Å². The van der Waals surface area contributed by atoms with Gasteiger partial charge in [-0.15, -0.1) is 35.7 Å². The molecular weight excluding hydrogens is 820 g/mol. The molecule has 0 atom stereocenters. The first-order valence-corrected chi connectivity index (χ1v) is 18.4. The van der Waals surface area contributed by atoms with Gasteiger partial charge in [-0.1, -0.05) is 97.3 Å². The van der Waals surface area contributed by atoms with Crippen LogP contribution in [-0.2, 0) is 33.9 Å². The van der Waals surface area contributed by atoms with Crippen molar-refractivity contribution >= 4 is 21.8 Å². The molecule has 0 aliphatic carbocycles. The first kappa shape index (κ1) is 37.3. The van der Waals surface area contributed by atoms with Gasteiger partial charge in [0.25, 0.3) is 0 Å². The molecule has 6 heteroatoms. The number of nitrogens with zero attached hydrogens (tertiary/aromatic N) is 4. The zero-order valence-electron chi connectivity index (χ0n) is 31.5. The largest absolute Gasteiger partial charge is 2.00 e. The second-order valence-electron chi connectivity index (χ2n) is 15.3. The summed E-state index contributed by atoms with van der Waals surface area (Å²) < 4.78 is 10.8. The van der Waals surface area contributed by atoms with E-state index in [1.807, 2.05) is 23.1 Å². The molecule has 0 aliphatic heterocycles. The van der Waals surface area contributed by atoms with Crippen LogP contribution in [0.5, 0.6) is 11.5 Å². The van der Waals surface area contributed by atoms with Gasteiger partial charge >= 0.3 is 21.1 Å². The fourth-order valence-electron chi connectivity index (χ4n) is 7.29. The Kier molecular flexibility index (Phi) is 11.2. The molecule has 0 unspecified atom stereocenters. The van der Waals surface area contributed by atoms with Gasteiger partial charge in [0, 0.05) is 35.0 Å². The number of pyridine rings is 1. The molecule has 0 aliphatic rings. The zero-order chi connectivity index (χ0) is 35.8. The van der Waals surface area contributed by atoms with E-state index in [4.69, 9.17) is 14.8 Å². The molecule has 7 rings (SSSR count). The molecule has 0 amide bonds. The number of fused-ring (bicyclic) bond motifs is 3. The van der Waals surface area contributed by atoms with Gasteiger partial charge in [0.2, 0.25) is 0 Å². The average molecular weight is 868 g/mol. The maximum atomic E-state index is 6.64. The van der Waals surface area contributed by atoms with E-state index in [0.717, 1.165) is 51.7 Å². The first-order valence-electron chi connectivity index (χ1n) is 18.4. The molecule has 268 valence electrons. The molecule has 5 nitrogen and oxygen atoms in total. The number of ether oxygens (including phenoxy) is 1. The van der Waals surface area contributed by atoms with Crippen LogP contribution < -0.4 is 4.74 Å². The summed E-state index contributed by atoms with van der Waals surface area (Å²) in [5, 5.41) is 7.15. The van der Waals surface area contributed by atoms with Gasteiger partial charge in [0.15, 0.2) is 0 Å². The van der Waals surface area contributed by atoms with Crippen molar-refractivity contribution in [3.05, 3.63) is 132 Å². The molecule has 0 saturated heterocycles. The predicted octanol–water partition coefficient (Wildman–Crippen LogP) is 12.1. The number of aromatic nitrogens is 4. The molecule has 52 heavy (non-hydrogen) atoms. The maximum Gasteiger partial charge on any atom is 2.00 e. The second-order valence-corrected chi connectivity index (χ2v) is 15.3. The number of rotatable bonds is 11. The third-order valence-corrected chi connectivity index (χ3v) is 9.48. The second kappa shape index (κ2) is 15.6. The summed E-state index contributed by atoms with van der Waals surface area (Å²) in [6.07, 6.45) is 7.95. The van der Waals surface area contributed by atoms with Gasteiger partial charge in [-0.2, -0.15) is 16.7 Å². The standard InChI is InChI=1S/C46H48N4O.Pt/c1-29(2)20-33-18-19-47-45(24-33)50-43-15-10-9-12-41(43)42-17-16-37(26-44(42)50)51-38-23-34(21-30(3)4)22-36(25-38)49-28-35(27-48-49)46-39(31(5)6)13-11-14-40(46)32(7)8;/h9-19,22-24,27-32H,20-21H2,1-8H3;/q-2;+2. The predicted molar refractivity (Wildman–Crippen MR) is 211 cm³/mol. The van der Waals surface area contributed by atoms with E-state index in [0.29, 0.717) is 35.2 Å². The summed E-state index contributed by atoms with van der Waals surface area (Å²) in [7, 11) is 0. The third kappa shape index (κ3) is 7.66. The van der Waals surface area contributed by atoms with Crippen LogP contribution in [0.4, 0.5) is 0 Å². The smallest absolute Gasteiger partial charge is 0.509 e. The average Bonchev–Trinajstić information content (AvgIpc) is 3.70. The van der Waals surface area contributed by atoms with Crippen LogP contribution in [0, 0.1) is 24.0 Å². The van der Waals surface area contributed by atoms with Crippen LogP contribution in [-0.4, -0.2) is 19.3 Å². The summed E-state index contributed by atoms with van der Waals surface area (Å²) in [6.45, 7) is 18.0. The molecule has 4 aromatic carbocycles. The summed E-state index contributed by atoms with van der Waals surface area (Å²) >= 11 is 0. The first-order chi connectivity index (χ1) is 24.5. The molecular formula is C46H48N4OPt. The zero-order valence-corrected chi connectivity index (χ0v) is 33.7. The minimum absolute atomic E-state index is 0. The molecule has 0 radical (unpaired) electrons. The molecule has 0 spiro atoms. The minimum atomic E-state index is 0. The van der Waals surface area contributed by atoms with E-state index in [-0.39, 0.29) is 21.1 Å². The maximum absolute atomic E-state index is 6.64. The summed E-state index contributed by atoms with van der Waals surface area (Å²) in [5.74, 6) is 3.98. The van der Waals surface area contributed by atoms with Crippen LogP contribution in [0.2, 0.25) is 0 Å². The van der Waals surface area contributed by atoms with E-state index in [1.165, 1.54) is 27.8 Å². The summed E-state index contributed by atoms with van der Waals surface area (Å²) in [6, 6.07) is 35.1.